The lowest BCUT2D eigenvalue weighted by atomic mass is 10.1. The molecule has 6 heteroatoms. The maximum Gasteiger partial charge on any atom is 0.242 e. The zero-order chi connectivity index (χ0) is 21.9. The molecule has 2 rings (SSSR count). The van der Waals surface area contributed by atoms with Crippen molar-refractivity contribution in [2.24, 2.45) is 0 Å². The predicted molar refractivity (Wildman–Crippen MR) is 127 cm³/mol. The van der Waals surface area contributed by atoms with Crippen LogP contribution in [0, 0.1) is 6.92 Å². The number of carbonyl (C=O) groups is 2. The van der Waals surface area contributed by atoms with Crippen LogP contribution >= 0.6 is 23.4 Å². The van der Waals surface area contributed by atoms with Gasteiger partial charge in [-0.1, -0.05) is 61.3 Å². The van der Waals surface area contributed by atoms with E-state index < -0.39 is 6.04 Å². The fourth-order valence-electron chi connectivity index (χ4n) is 3.01. The van der Waals surface area contributed by atoms with Crippen molar-refractivity contribution in [1.82, 2.24) is 10.2 Å². The van der Waals surface area contributed by atoms with Crippen LogP contribution in [0.5, 0.6) is 0 Å². The van der Waals surface area contributed by atoms with Crippen molar-refractivity contribution in [2.75, 3.05) is 12.3 Å². The number of benzene rings is 2. The normalized spacial score (nSPS) is 11.7. The van der Waals surface area contributed by atoms with Crippen molar-refractivity contribution in [3.63, 3.8) is 0 Å². The molecule has 0 aliphatic heterocycles. The Morgan fingerprint density at radius 1 is 1.13 bits per heavy atom. The van der Waals surface area contributed by atoms with Crippen LogP contribution in [-0.4, -0.2) is 35.1 Å². The second-order valence-electron chi connectivity index (χ2n) is 7.39. The Morgan fingerprint density at radius 2 is 1.83 bits per heavy atom. The summed E-state index contributed by atoms with van der Waals surface area (Å²) in [5.74, 6) is 0.940. The SMILES string of the molecule is CCCCNC(=O)C(C)N(Cc1ccc(Cl)cc1)C(=O)CSCc1ccccc1C. The minimum atomic E-state index is -0.538. The molecule has 0 heterocycles. The number of hydrogen-bond donors (Lipinski definition) is 1. The van der Waals surface area contributed by atoms with Gasteiger partial charge in [0.2, 0.25) is 11.8 Å². The Balaban J connectivity index is 2.04. The predicted octanol–water partition coefficient (Wildman–Crippen LogP) is 5.22. The van der Waals surface area contributed by atoms with Gasteiger partial charge in [-0.15, -0.1) is 11.8 Å². The zero-order valence-electron chi connectivity index (χ0n) is 18.0. The maximum atomic E-state index is 13.1. The Hall–Kier alpha value is -1.98. The number of unbranched alkanes of at least 4 members (excludes halogenated alkanes) is 1. The Labute approximate surface area is 189 Å². The van der Waals surface area contributed by atoms with Gasteiger partial charge < -0.3 is 10.2 Å². The molecule has 2 amide bonds. The van der Waals surface area contributed by atoms with E-state index in [1.807, 2.05) is 24.3 Å². The molecule has 1 N–H and O–H groups in total. The van der Waals surface area contributed by atoms with Crippen LogP contribution in [0.2, 0.25) is 5.02 Å². The van der Waals surface area contributed by atoms with Gasteiger partial charge in [-0.3, -0.25) is 9.59 Å². The summed E-state index contributed by atoms with van der Waals surface area (Å²) in [5, 5.41) is 3.59. The highest BCUT2D eigenvalue weighted by Crippen LogP contribution is 2.19. The van der Waals surface area contributed by atoms with E-state index in [-0.39, 0.29) is 11.8 Å². The number of thioether (sulfide) groups is 1. The number of amides is 2. The van der Waals surface area contributed by atoms with Gasteiger partial charge in [0.1, 0.15) is 6.04 Å². The number of nitrogens with zero attached hydrogens (tertiary/aromatic N) is 1. The molecule has 0 aromatic heterocycles. The summed E-state index contributed by atoms with van der Waals surface area (Å²) in [6.07, 6.45) is 1.94. The van der Waals surface area contributed by atoms with Crippen molar-refractivity contribution in [3.05, 3.63) is 70.2 Å². The van der Waals surface area contributed by atoms with Crippen LogP contribution in [0.15, 0.2) is 48.5 Å². The molecule has 1 atom stereocenters. The van der Waals surface area contributed by atoms with E-state index >= 15 is 0 Å². The molecule has 162 valence electrons. The standard InChI is InChI=1S/C24H31ClN2O2S/c1-4-5-14-26-24(29)19(3)27(15-20-10-12-22(25)13-11-20)23(28)17-30-16-21-9-7-6-8-18(21)2/h6-13,19H,4-5,14-17H2,1-3H3,(H,26,29). The molecule has 0 aliphatic carbocycles. The maximum absolute atomic E-state index is 13.1. The van der Waals surface area contributed by atoms with Gasteiger partial charge in [0.25, 0.3) is 0 Å². The monoisotopic (exact) mass is 446 g/mol. The van der Waals surface area contributed by atoms with E-state index in [2.05, 4.69) is 31.3 Å². The summed E-state index contributed by atoms with van der Waals surface area (Å²) in [4.78, 5) is 27.3. The lowest BCUT2D eigenvalue weighted by Gasteiger charge is -2.29. The fourth-order valence-corrected chi connectivity index (χ4v) is 4.12. The molecule has 0 saturated heterocycles. The molecule has 0 fully saturated rings. The largest absolute Gasteiger partial charge is 0.354 e. The highest BCUT2D eigenvalue weighted by atomic mass is 35.5. The van der Waals surface area contributed by atoms with Gasteiger partial charge in [0, 0.05) is 23.9 Å². The molecular weight excluding hydrogens is 416 g/mol. The third-order valence-corrected chi connectivity index (χ3v) is 6.23. The summed E-state index contributed by atoms with van der Waals surface area (Å²) < 4.78 is 0. The first-order valence-electron chi connectivity index (χ1n) is 10.4. The van der Waals surface area contributed by atoms with Crippen LogP contribution < -0.4 is 5.32 Å². The first-order chi connectivity index (χ1) is 14.4. The van der Waals surface area contributed by atoms with E-state index in [0.29, 0.717) is 23.9 Å². The van der Waals surface area contributed by atoms with Gasteiger partial charge in [-0.05, 0) is 49.1 Å². The minimum Gasteiger partial charge on any atom is -0.354 e. The fraction of sp³-hybridized carbons (Fsp3) is 0.417. The molecule has 2 aromatic carbocycles. The molecule has 1 unspecified atom stereocenters. The Morgan fingerprint density at radius 3 is 2.50 bits per heavy atom. The number of carbonyl (C=O) groups excluding carboxylic acids is 2. The third-order valence-electron chi connectivity index (χ3n) is 5.01. The molecule has 0 radical (unpaired) electrons. The van der Waals surface area contributed by atoms with Crippen LogP contribution in [0.4, 0.5) is 0 Å². The van der Waals surface area contributed by atoms with Crippen LogP contribution in [0.25, 0.3) is 0 Å². The van der Waals surface area contributed by atoms with Gasteiger partial charge in [-0.25, -0.2) is 0 Å². The second kappa shape index (κ2) is 12.7. The van der Waals surface area contributed by atoms with Gasteiger partial charge >= 0.3 is 0 Å². The number of halogens is 1. The first kappa shape index (κ1) is 24.3. The lowest BCUT2D eigenvalue weighted by Crippen LogP contribution is -2.48. The van der Waals surface area contributed by atoms with E-state index in [1.165, 1.54) is 11.1 Å². The van der Waals surface area contributed by atoms with E-state index in [4.69, 9.17) is 11.6 Å². The van der Waals surface area contributed by atoms with Crippen molar-refractivity contribution in [1.29, 1.82) is 0 Å². The molecule has 0 saturated carbocycles. The van der Waals surface area contributed by atoms with E-state index in [1.54, 1.807) is 35.7 Å². The Kier molecular flexibility index (Phi) is 10.2. The second-order valence-corrected chi connectivity index (χ2v) is 8.81. The number of nitrogens with one attached hydrogen (secondary N) is 1. The van der Waals surface area contributed by atoms with Crippen molar-refractivity contribution < 1.29 is 9.59 Å². The highest BCUT2D eigenvalue weighted by molar-refractivity contribution is 7.99. The Bertz CT molecular complexity index is 826. The van der Waals surface area contributed by atoms with E-state index in [9.17, 15) is 9.59 Å². The molecule has 2 aromatic rings. The summed E-state index contributed by atoms with van der Waals surface area (Å²) in [7, 11) is 0. The van der Waals surface area contributed by atoms with Crippen LogP contribution in [0.3, 0.4) is 0 Å². The third kappa shape index (κ3) is 7.69. The summed E-state index contributed by atoms with van der Waals surface area (Å²) in [5.41, 5.74) is 3.40. The molecule has 4 nitrogen and oxygen atoms in total. The van der Waals surface area contributed by atoms with E-state index in [0.717, 1.165) is 24.2 Å². The smallest absolute Gasteiger partial charge is 0.242 e. The van der Waals surface area contributed by atoms with Crippen molar-refractivity contribution in [2.45, 2.75) is 52.0 Å². The topological polar surface area (TPSA) is 49.4 Å². The first-order valence-corrected chi connectivity index (χ1v) is 11.9. The molecular formula is C24H31ClN2O2S. The van der Waals surface area contributed by atoms with Crippen LogP contribution in [0.1, 0.15) is 43.4 Å². The van der Waals surface area contributed by atoms with Gasteiger partial charge in [0.05, 0.1) is 5.75 Å². The highest BCUT2D eigenvalue weighted by Gasteiger charge is 2.25. The molecule has 0 aliphatic rings. The van der Waals surface area contributed by atoms with Gasteiger partial charge in [-0.2, -0.15) is 0 Å². The minimum absolute atomic E-state index is 0.0401. The molecule has 0 spiro atoms. The molecule has 0 bridgehead atoms. The number of rotatable bonds is 11. The number of hydrogen-bond acceptors (Lipinski definition) is 3. The molecule has 30 heavy (non-hydrogen) atoms. The average molecular weight is 447 g/mol. The van der Waals surface area contributed by atoms with Crippen molar-refractivity contribution >= 4 is 35.2 Å². The van der Waals surface area contributed by atoms with Gasteiger partial charge in [0.15, 0.2) is 0 Å². The lowest BCUT2D eigenvalue weighted by molar-refractivity contribution is -0.138. The number of aryl methyl sites for hydroxylation is 1. The van der Waals surface area contributed by atoms with Crippen molar-refractivity contribution in [3.8, 4) is 0 Å². The van der Waals surface area contributed by atoms with Crippen LogP contribution in [-0.2, 0) is 21.9 Å². The quantitative estimate of drug-likeness (QED) is 0.481. The zero-order valence-corrected chi connectivity index (χ0v) is 19.6. The summed E-state index contributed by atoms with van der Waals surface area (Å²) in [6.45, 7) is 6.96. The summed E-state index contributed by atoms with van der Waals surface area (Å²) >= 11 is 7.56. The average Bonchev–Trinajstić information content (AvgIpc) is 2.74. The summed E-state index contributed by atoms with van der Waals surface area (Å²) in [6, 6.07) is 15.0.